The maximum Gasteiger partial charge on any atom is 0.522 e. The highest BCUT2D eigenvalue weighted by Crippen LogP contribution is 2.42. The predicted octanol–water partition coefficient (Wildman–Crippen LogP) is 0.645. The topological polar surface area (TPSA) is 134 Å². The van der Waals surface area contributed by atoms with Crippen LogP contribution < -0.4 is 16.0 Å². The molecule has 0 aromatic rings. The maximum absolute atomic E-state index is 13.4. The molecule has 36 heavy (non-hydrogen) atoms. The number of rotatable bonds is 7. The number of halogens is 3. The van der Waals surface area contributed by atoms with Gasteiger partial charge < -0.3 is 20.9 Å². The Bertz CT molecular complexity index is 903. The fourth-order valence-electron chi connectivity index (χ4n) is 5.31. The van der Waals surface area contributed by atoms with E-state index in [-0.39, 0.29) is 30.7 Å². The van der Waals surface area contributed by atoms with Crippen molar-refractivity contribution >= 4 is 29.4 Å². The van der Waals surface area contributed by atoms with Gasteiger partial charge in [0.2, 0.25) is 11.8 Å². The summed E-state index contributed by atoms with van der Waals surface area (Å²) < 4.78 is 41.2. The van der Waals surface area contributed by atoms with Gasteiger partial charge in [-0.1, -0.05) is 6.42 Å². The quantitative estimate of drug-likeness (QED) is 0.424. The first-order valence-corrected chi connectivity index (χ1v) is 12.1. The van der Waals surface area contributed by atoms with Crippen LogP contribution in [-0.4, -0.2) is 78.0 Å². The fourth-order valence-corrected chi connectivity index (χ4v) is 5.31. The van der Waals surface area contributed by atoms with E-state index in [1.165, 1.54) is 4.90 Å². The molecule has 0 spiro atoms. The minimum absolute atomic E-state index is 0.00420. The van der Waals surface area contributed by atoms with Crippen LogP contribution in [0.5, 0.6) is 0 Å². The summed E-state index contributed by atoms with van der Waals surface area (Å²) in [6.45, 7) is 4.35. The number of Topliss-reactive ketones (excluding diaryl/α,β-unsaturated/α-hetero) is 1. The first-order valence-electron chi connectivity index (χ1n) is 12.1. The first-order chi connectivity index (χ1) is 16.7. The normalized spacial score (nSPS) is 26.8. The van der Waals surface area contributed by atoms with Crippen molar-refractivity contribution < 1.29 is 41.9 Å². The maximum atomic E-state index is 13.4. The number of hydrogen-bond donors (Lipinski definition) is 3. The summed E-state index contributed by atoms with van der Waals surface area (Å²) in [5, 5.41) is 7.66. The summed E-state index contributed by atoms with van der Waals surface area (Å²) in [5.41, 5.74) is -0.683. The van der Waals surface area contributed by atoms with Crippen LogP contribution in [0.4, 0.5) is 13.2 Å². The van der Waals surface area contributed by atoms with Crippen LogP contribution in [0.3, 0.4) is 0 Å². The van der Waals surface area contributed by atoms with Gasteiger partial charge >= 0.3 is 18.2 Å². The lowest BCUT2D eigenvalue weighted by atomic mass is 9.92. The molecule has 4 unspecified atom stereocenters. The lowest BCUT2D eigenvalue weighted by Crippen LogP contribution is -2.57. The number of amides is 4. The van der Waals surface area contributed by atoms with E-state index >= 15 is 0 Å². The van der Waals surface area contributed by atoms with Gasteiger partial charge in [0.1, 0.15) is 12.6 Å². The number of ether oxygens (including phenoxy) is 1. The highest BCUT2D eigenvalue weighted by molar-refractivity contribution is 6.35. The van der Waals surface area contributed by atoms with E-state index in [0.29, 0.717) is 19.4 Å². The third-order valence-corrected chi connectivity index (χ3v) is 6.87. The van der Waals surface area contributed by atoms with E-state index < -0.39 is 60.0 Å². The van der Waals surface area contributed by atoms with Crippen molar-refractivity contribution in [3.63, 3.8) is 0 Å². The van der Waals surface area contributed by atoms with Crippen molar-refractivity contribution in [3.05, 3.63) is 0 Å². The van der Waals surface area contributed by atoms with Crippen LogP contribution >= 0.6 is 0 Å². The molecule has 202 valence electrons. The van der Waals surface area contributed by atoms with Crippen molar-refractivity contribution in [1.29, 1.82) is 0 Å². The van der Waals surface area contributed by atoms with E-state index in [1.54, 1.807) is 20.8 Å². The van der Waals surface area contributed by atoms with Gasteiger partial charge in [-0.15, -0.1) is 13.2 Å². The molecule has 3 aliphatic rings. The third-order valence-electron chi connectivity index (χ3n) is 6.87. The Balaban J connectivity index is 1.78. The molecule has 1 aliphatic carbocycles. The van der Waals surface area contributed by atoms with E-state index in [0.717, 1.165) is 12.8 Å². The van der Waals surface area contributed by atoms with Crippen LogP contribution in [0.15, 0.2) is 0 Å². The van der Waals surface area contributed by atoms with Crippen LogP contribution in [0, 0.1) is 17.8 Å². The van der Waals surface area contributed by atoms with Gasteiger partial charge in [0.25, 0.3) is 0 Å². The molecule has 4 amide bonds. The van der Waals surface area contributed by atoms with Gasteiger partial charge in [-0.3, -0.25) is 28.7 Å². The zero-order valence-corrected chi connectivity index (χ0v) is 20.6. The molecule has 3 rings (SSSR count). The van der Waals surface area contributed by atoms with Crippen LogP contribution in [0.1, 0.15) is 52.9 Å². The molecule has 13 heteroatoms. The highest BCUT2D eigenvalue weighted by atomic mass is 19.4. The molecule has 0 aromatic carbocycles. The van der Waals surface area contributed by atoms with Crippen molar-refractivity contribution in [2.24, 2.45) is 17.8 Å². The molecular formula is C23H33F3N4O6. The summed E-state index contributed by atoms with van der Waals surface area (Å²) in [6, 6.07) is -2.47. The number of nitrogens with zero attached hydrogens (tertiary/aromatic N) is 1. The molecule has 2 aliphatic heterocycles. The van der Waals surface area contributed by atoms with E-state index in [9.17, 15) is 37.1 Å². The molecule has 0 aromatic heterocycles. The Hall–Kier alpha value is -2.70. The summed E-state index contributed by atoms with van der Waals surface area (Å²) in [5.74, 6) is -4.78. The highest BCUT2D eigenvalue weighted by Gasteiger charge is 2.51. The minimum Gasteiger partial charge on any atom is -0.356 e. The zero-order chi connectivity index (χ0) is 26.8. The number of hydrogen-bond acceptors (Lipinski definition) is 6. The number of fused-ring (bicyclic) bond motifs is 1. The van der Waals surface area contributed by atoms with Gasteiger partial charge in [0.05, 0.1) is 6.04 Å². The molecular weight excluding hydrogens is 485 g/mol. The molecule has 0 bridgehead atoms. The summed E-state index contributed by atoms with van der Waals surface area (Å²) >= 11 is 0. The average Bonchev–Trinajstić information content (AvgIpc) is 3.45. The number of carbonyl (C=O) groups excluding carboxylic acids is 5. The van der Waals surface area contributed by atoms with Crippen molar-refractivity contribution in [2.75, 3.05) is 19.7 Å². The lowest BCUT2D eigenvalue weighted by Gasteiger charge is -2.30. The number of nitrogens with one attached hydrogen (secondary N) is 3. The summed E-state index contributed by atoms with van der Waals surface area (Å²) in [7, 11) is 0. The zero-order valence-electron chi connectivity index (χ0n) is 20.6. The second kappa shape index (κ2) is 10.7. The van der Waals surface area contributed by atoms with Crippen molar-refractivity contribution in [1.82, 2.24) is 20.9 Å². The average molecular weight is 519 g/mol. The molecule has 2 saturated heterocycles. The minimum atomic E-state index is -5.04. The second-order valence-corrected chi connectivity index (χ2v) is 10.7. The monoisotopic (exact) mass is 518 g/mol. The Labute approximate surface area is 207 Å². The van der Waals surface area contributed by atoms with Crippen LogP contribution in [0.25, 0.3) is 0 Å². The number of ketones is 1. The Morgan fingerprint density at radius 2 is 1.83 bits per heavy atom. The van der Waals surface area contributed by atoms with E-state index in [2.05, 4.69) is 20.7 Å². The van der Waals surface area contributed by atoms with Crippen molar-refractivity contribution in [3.8, 4) is 0 Å². The van der Waals surface area contributed by atoms with Crippen molar-refractivity contribution in [2.45, 2.75) is 76.9 Å². The largest absolute Gasteiger partial charge is 0.522 e. The fraction of sp³-hybridized carbons (Fsp3) is 0.783. The molecule has 5 atom stereocenters. The SMILES string of the molecule is CC(C)(C)NC(=O)C(=O)N1CC2CCCC2[C@H]1C(=O)NC(CC1CCNC1=O)C(=O)COC(F)(F)F. The number of likely N-dealkylation sites (tertiary alicyclic amines) is 1. The first kappa shape index (κ1) is 27.9. The van der Waals surface area contributed by atoms with Gasteiger partial charge in [-0.25, -0.2) is 0 Å². The smallest absolute Gasteiger partial charge is 0.356 e. The predicted molar refractivity (Wildman–Crippen MR) is 119 cm³/mol. The molecule has 2 heterocycles. The van der Waals surface area contributed by atoms with Gasteiger partial charge in [0, 0.05) is 24.5 Å². The molecule has 3 N–H and O–H groups in total. The standard InChI is InChI=1S/C23H33F3N4O6/c1-22(2,3)29-20(34)21(35)30-10-13-5-4-6-14(13)17(30)19(33)28-15(9-12-7-8-27-18(12)32)16(31)11-36-23(24,25)26/h12-15,17H,4-11H2,1-3H3,(H,27,32)(H,28,33)(H,29,34)/t12?,13?,14?,15?,17-/m0/s1. The molecule has 10 nitrogen and oxygen atoms in total. The van der Waals surface area contributed by atoms with E-state index in [1.807, 2.05) is 0 Å². The third kappa shape index (κ3) is 6.95. The summed E-state index contributed by atoms with van der Waals surface area (Å²) in [4.78, 5) is 64.8. The van der Waals surface area contributed by atoms with Crippen LogP contribution in [0.2, 0.25) is 0 Å². The Kier molecular flexibility index (Phi) is 8.31. The lowest BCUT2D eigenvalue weighted by molar-refractivity contribution is -0.321. The molecule has 0 radical (unpaired) electrons. The van der Waals surface area contributed by atoms with Gasteiger partial charge in [0.15, 0.2) is 5.78 Å². The molecule has 3 fully saturated rings. The Morgan fingerprint density at radius 1 is 1.14 bits per heavy atom. The van der Waals surface area contributed by atoms with Gasteiger partial charge in [-0.2, -0.15) is 0 Å². The van der Waals surface area contributed by atoms with E-state index in [4.69, 9.17) is 0 Å². The summed E-state index contributed by atoms with van der Waals surface area (Å²) in [6.07, 6.45) is -2.64. The van der Waals surface area contributed by atoms with Crippen LogP contribution in [-0.2, 0) is 28.7 Å². The Morgan fingerprint density at radius 3 is 2.42 bits per heavy atom. The molecule has 1 saturated carbocycles. The van der Waals surface area contributed by atoms with Gasteiger partial charge in [-0.05, 0) is 58.3 Å². The number of carbonyl (C=O) groups is 5. The number of alkyl halides is 3. The second-order valence-electron chi connectivity index (χ2n) is 10.7.